The molecule has 1 aromatic rings. The monoisotopic (exact) mass is 770 g/mol. The minimum absolute atomic E-state index is 0.0141. The van der Waals surface area contributed by atoms with Crippen LogP contribution in [0, 0.1) is 35.0 Å². The number of rotatable bonds is 17. The van der Waals surface area contributed by atoms with Crippen LogP contribution in [0.15, 0.2) is 46.5 Å². The molecule has 1 aliphatic heterocycles. The summed E-state index contributed by atoms with van der Waals surface area (Å²) in [5, 5.41) is 12.7. The van der Waals surface area contributed by atoms with Crippen molar-refractivity contribution >= 4 is 50.9 Å². The summed E-state index contributed by atoms with van der Waals surface area (Å²) in [6, 6.07) is -1.43. The summed E-state index contributed by atoms with van der Waals surface area (Å²) in [7, 11) is -2.37. The molecule has 1 unspecified atom stereocenters. The normalized spacial score (nSPS) is 23.0. The minimum atomic E-state index is -3.80. The number of likely N-dealkylation sites (N-methyl/N-ethyl adjacent to an activating group) is 1. The Labute approximate surface area is 317 Å². The summed E-state index contributed by atoms with van der Waals surface area (Å²) in [5.41, 5.74) is -0.369. The number of hydrogen-bond acceptors (Lipinski definition) is 8. The molecule has 0 radical (unpaired) electrons. The van der Waals surface area contributed by atoms with Crippen LogP contribution in [0.4, 0.5) is 4.79 Å². The molecule has 6 atom stereocenters. The predicted molar refractivity (Wildman–Crippen MR) is 204 cm³/mol. The van der Waals surface area contributed by atoms with Crippen LogP contribution in [0.3, 0.4) is 0 Å². The van der Waals surface area contributed by atoms with Crippen LogP contribution in [0.2, 0.25) is 0 Å². The van der Waals surface area contributed by atoms with Crippen LogP contribution in [-0.4, -0.2) is 98.0 Å². The number of terminal acetylenes is 1. The van der Waals surface area contributed by atoms with Gasteiger partial charge in [-0.25, -0.2) is 13.2 Å². The first-order valence-electron chi connectivity index (χ1n) is 18.1. The highest BCUT2D eigenvalue weighted by molar-refractivity contribution is 7.91. The third-order valence-electron chi connectivity index (χ3n) is 11.3. The van der Waals surface area contributed by atoms with Crippen molar-refractivity contribution in [1.82, 2.24) is 30.5 Å². The fourth-order valence-electron chi connectivity index (χ4n) is 7.90. The van der Waals surface area contributed by atoms with Crippen LogP contribution in [-0.2, 0) is 29.2 Å². The fraction of sp³-hybridized carbons (Fsp3) is 0.605. The molecule has 4 N–H and O–H groups in total. The second kappa shape index (κ2) is 17.0. The lowest BCUT2D eigenvalue weighted by Crippen LogP contribution is -2.63. The molecule has 3 fully saturated rings. The number of amides is 5. The minimum Gasteiger partial charge on any atom is -0.346 e. The van der Waals surface area contributed by atoms with Gasteiger partial charge in [0.15, 0.2) is 0 Å². The Bertz CT molecular complexity index is 1730. The summed E-state index contributed by atoms with van der Waals surface area (Å²) in [5.74, 6) is -0.420. The zero-order valence-electron chi connectivity index (χ0n) is 31.4. The molecule has 2 aliphatic carbocycles. The van der Waals surface area contributed by atoms with E-state index < -0.39 is 69.1 Å². The molecular formula is C38H54N6O7S2. The largest absolute Gasteiger partial charge is 0.346 e. The number of hydrogen-bond donors (Lipinski definition) is 4. The van der Waals surface area contributed by atoms with Gasteiger partial charge in [0.1, 0.15) is 16.3 Å². The molecule has 1 saturated heterocycles. The summed E-state index contributed by atoms with van der Waals surface area (Å²) in [6.07, 6.45) is 11.1. The van der Waals surface area contributed by atoms with E-state index in [9.17, 15) is 32.4 Å². The number of carbonyl (C=O) groups is 5. The number of urea groups is 1. The highest BCUT2D eigenvalue weighted by atomic mass is 32.2. The first-order chi connectivity index (χ1) is 24.9. The number of Topliss-reactive ketones (excluding diaryl/α,β-unsaturated/α-hetero) is 1. The molecular weight excluding hydrogens is 717 g/mol. The molecule has 5 amide bonds. The second-order valence-corrected chi connectivity index (χ2v) is 18.7. The molecule has 0 spiro atoms. The molecule has 290 valence electrons. The fourth-order valence-corrected chi connectivity index (χ4v) is 10.3. The predicted octanol–water partition coefficient (Wildman–Crippen LogP) is 3.20. The maximum atomic E-state index is 14.8. The number of nitrogens with zero attached hydrogens (tertiary/aromatic N) is 2. The maximum Gasteiger partial charge on any atom is 0.315 e. The SMILES string of the molecule is C#CCCC(NC(=O)[C@@H]1[C@@H]2[C@H](CN1C(=O)[C@@H](NC(=O)N[C@H](CN(C)S(=O)(=O)c1cccs1)C(=C)C)C1(C)CCCCC1)C2(C)C)C(=O)C(=O)NCC=C. The Morgan fingerprint density at radius 3 is 2.38 bits per heavy atom. The van der Waals surface area contributed by atoms with Gasteiger partial charge in [-0.15, -0.1) is 30.3 Å². The van der Waals surface area contributed by atoms with Gasteiger partial charge in [-0.3, -0.25) is 19.2 Å². The number of likely N-dealkylation sites (tertiary alicyclic amines) is 1. The Balaban J connectivity index is 1.58. The van der Waals surface area contributed by atoms with Crippen molar-refractivity contribution in [3.63, 3.8) is 0 Å². The highest BCUT2D eigenvalue weighted by Crippen LogP contribution is 2.65. The lowest BCUT2D eigenvalue weighted by atomic mass is 9.70. The average molecular weight is 771 g/mol. The number of nitrogens with one attached hydrogen (secondary N) is 4. The molecule has 0 aromatic carbocycles. The van der Waals surface area contributed by atoms with Crippen molar-refractivity contribution in [2.24, 2.45) is 22.7 Å². The number of sulfonamides is 1. The van der Waals surface area contributed by atoms with E-state index in [0.29, 0.717) is 18.4 Å². The van der Waals surface area contributed by atoms with E-state index in [2.05, 4.69) is 40.3 Å². The van der Waals surface area contributed by atoms with Gasteiger partial charge in [0.2, 0.25) is 17.6 Å². The summed E-state index contributed by atoms with van der Waals surface area (Å²) in [6.45, 7) is 15.5. The Morgan fingerprint density at radius 1 is 1.11 bits per heavy atom. The van der Waals surface area contributed by atoms with Crippen LogP contribution in [0.5, 0.6) is 0 Å². The van der Waals surface area contributed by atoms with Gasteiger partial charge in [0.25, 0.3) is 15.9 Å². The first kappa shape index (κ1) is 41.8. The smallest absolute Gasteiger partial charge is 0.315 e. The zero-order valence-corrected chi connectivity index (χ0v) is 33.0. The van der Waals surface area contributed by atoms with Crippen molar-refractivity contribution in [3.8, 4) is 12.3 Å². The third-order valence-corrected chi connectivity index (χ3v) is 14.5. The summed E-state index contributed by atoms with van der Waals surface area (Å²) >= 11 is 1.10. The topological polar surface area (TPSA) is 174 Å². The van der Waals surface area contributed by atoms with Gasteiger partial charge >= 0.3 is 6.03 Å². The maximum absolute atomic E-state index is 14.8. The van der Waals surface area contributed by atoms with Gasteiger partial charge in [-0.2, -0.15) is 4.31 Å². The standard InChI is InChI=1S/C38H54N6O7S2/c1-9-11-16-26(31(45)34(47)39-20-10-2)40-33(46)30-29-25(37(29,5)6)22-44(30)35(48)32(38(7)18-13-12-14-19-38)42-36(49)41-27(24(3)4)23-43(8)53(50,51)28-17-15-21-52-28/h1,10,15,17,21,25-27,29-30,32H,2-3,11-14,16,18-20,22-23H2,4-8H3,(H,39,47)(H,40,46)(H2,41,42,49)/t25-,26?,27+,29-,30-,32+/m0/s1. The van der Waals surface area contributed by atoms with Gasteiger partial charge in [-0.1, -0.05) is 64.3 Å². The van der Waals surface area contributed by atoms with Crippen molar-refractivity contribution in [1.29, 1.82) is 0 Å². The summed E-state index contributed by atoms with van der Waals surface area (Å²) < 4.78 is 27.6. The number of thiophene rings is 1. The van der Waals surface area contributed by atoms with Crippen LogP contribution < -0.4 is 21.3 Å². The van der Waals surface area contributed by atoms with Crippen molar-refractivity contribution in [3.05, 3.63) is 42.3 Å². The van der Waals surface area contributed by atoms with E-state index in [-0.39, 0.29) is 53.9 Å². The van der Waals surface area contributed by atoms with Gasteiger partial charge in [0, 0.05) is 33.1 Å². The zero-order chi connectivity index (χ0) is 39.3. The van der Waals surface area contributed by atoms with Crippen LogP contribution in [0.1, 0.15) is 72.6 Å². The quantitative estimate of drug-likeness (QED) is 0.107. The van der Waals surface area contributed by atoms with Gasteiger partial charge < -0.3 is 26.2 Å². The molecule has 53 heavy (non-hydrogen) atoms. The van der Waals surface area contributed by atoms with Gasteiger partial charge in [0.05, 0.1) is 12.1 Å². The second-order valence-electron chi connectivity index (χ2n) is 15.4. The molecule has 2 heterocycles. The van der Waals surface area contributed by atoms with Crippen LogP contribution >= 0.6 is 11.3 Å². The molecule has 1 aromatic heterocycles. The van der Waals surface area contributed by atoms with Crippen LogP contribution in [0.25, 0.3) is 0 Å². The third kappa shape index (κ3) is 9.21. The lowest BCUT2D eigenvalue weighted by molar-refractivity contribution is -0.146. The number of fused-ring (bicyclic) bond motifs is 1. The Hall–Kier alpha value is -4.00. The summed E-state index contributed by atoms with van der Waals surface area (Å²) in [4.78, 5) is 70.0. The first-order valence-corrected chi connectivity index (χ1v) is 20.4. The lowest BCUT2D eigenvalue weighted by Gasteiger charge is -2.43. The number of ketones is 1. The number of carbonyl (C=O) groups excluding carboxylic acids is 5. The van der Waals surface area contributed by atoms with Crippen molar-refractivity contribution in [2.75, 3.05) is 26.7 Å². The van der Waals surface area contributed by atoms with Crippen molar-refractivity contribution in [2.45, 2.75) is 101 Å². The molecule has 15 heteroatoms. The number of piperidine rings is 1. The molecule has 2 saturated carbocycles. The molecule has 3 aliphatic rings. The highest BCUT2D eigenvalue weighted by Gasteiger charge is 2.70. The van der Waals surface area contributed by atoms with E-state index in [0.717, 1.165) is 34.9 Å². The van der Waals surface area contributed by atoms with Gasteiger partial charge in [-0.05, 0) is 60.3 Å². The molecule has 0 bridgehead atoms. The molecule has 4 rings (SSSR count). The Morgan fingerprint density at radius 2 is 1.79 bits per heavy atom. The van der Waals surface area contributed by atoms with E-state index in [1.165, 1.54) is 24.1 Å². The molecule has 13 nitrogen and oxygen atoms in total. The van der Waals surface area contributed by atoms with E-state index in [1.807, 2.05) is 20.8 Å². The van der Waals surface area contributed by atoms with E-state index in [4.69, 9.17) is 6.42 Å². The van der Waals surface area contributed by atoms with E-state index >= 15 is 0 Å². The van der Waals surface area contributed by atoms with Crippen molar-refractivity contribution < 1.29 is 32.4 Å². The Kier molecular flexibility index (Phi) is 13.4. The van der Waals surface area contributed by atoms with E-state index in [1.54, 1.807) is 18.4 Å². The average Bonchev–Trinajstić information content (AvgIpc) is 3.57.